The van der Waals surface area contributed by atoms with Gasteiger partial charge in [0, 0.05) is 24.5 Å². The zero-order valence-electron chi connectivity index (χ0n) is 15.3. The van der Waals surface area contributed by atoms with E-state index in [-0.39, 0.29) is 0 Å². The van der Waals surface area contributed by atoms with Crippen molar-refractivity contribution < 1.29 is 0 Å². The van der Waals surface area contributed by atoms with E-state index in [1.54, 1.807) is 12.4 Å². The van der Waals surface area contributed by atoms with Gasteiger partial charge in [0.05, 0.1) is 11.9 Å². The fourth-order valence-electron chi connectivity index (χ4n) is 2.70. The monoisotopic (exact) mass is 345 g/mol. The highest BCUT2D eigenvalue weighted by atomic mass is 15.3. The molecule has 0 bridgehead atoms. The Morgan fingerprint density at radius 1 is 1.00 bits per heavy atom. The van der Waals surface area contributed by atoms with Crippen LogP contribution in [0.25, 0.3) is 16.9 Å². The number of nitrogens with zero attached hydrogens (tertiary/aromatic N) is 4. The minimum absolute atomic E-state index is 0.736. The number of anilines is 1. The molecule has 0 saturated carbocycles. The van der Waals surface area contributed by atoms with Crippen LogP contribution in [0.15, 0.2) is 67.1 Å². The molecule has 4 aromatic rings. The first kappa shape index (κ1) is 17.6. The van der Waals surface area contributed by atoms with E-state index in [9.17, 15) is 0 Å². The Morgan fingerprint density at radius 3 is 2.58 bits per heavy atom. The molecule has 5 heteroatoms. The normalized spacial score (nSPS) is 10.3. The minimum Gasteiger partial charge on any atom is -0.365 e. The van der Waals surface area contributed by atoms with Gasteiger partial charge in [-0.2, -0.15) is 0 Å². The number of rotatable bonds is 4. The molecular formula is C21H23N5. The number of aryl methyl sites for hydroxylation is 1. The first-order valence-electron chi connectivity index (χ1n) is 8.84. The number of nitrogens with one attached hydrogen (secondary N) is 1. The minimum atomic E-state index is 0.736. The average Bonchev–Trinajstić information content (AvgIpc) is 3.12. The van der Waals surface area contributed by atoms with Gasteiger partial charge in [0.1, 0.15) is 5.82 Å². The lowest BCUT2D eigenvalue weighted by Gasteiger charge is -2.08. The number of hydrogen-bond donors (Lipinski definition) is 1. The zero-order valence-corrected chi connectivity index (χ0v) is 15.3. The lowest BCUT2D eigenvalue weighted by Crippen LogP contribution is -2.04. The highest BCUT2D eigenvalue weighted by Gasteiger charge is 2.07. The number of imidazole rings is 1. The molecule has 0 fully saturated rings. The van der Waals surface area contributed by atoms with Crippen molar-refractivity contribution in [1.82, 2.24) is 19.6 Å². The van der Waals surface area contributed by atoms with E-state index in [4.69, 9.17) is 0 Å². The van der Waals surface area contributed by atoms with Crippen molar-refractivity contribution in [2.75, 3.05) is 5.32 Å². The zero-order chi connectivity index (χ0) is 18.4. The molecule has 0 aliphatic carbocycles. The summed E-state index contributed by atoms with van der Waals surface area (Å²) in [6, 6.07) is 16.3. The summed E-state index contributed by atoms with van der Waals surface area (Å²) < 4.78 is 1.86. The second-order valence-electron chi connectivity index (χ2n) is 5.71. The number of hydrogen-bond acceptors (Lipinski definition) is 4. The molecular weight excluding hydrogens is 322 g/mol. The predicted octanol–water partition coefficient (Wildman–Crippen LogP) is 4.74. The van der Waals surface area contributed by atoms with Crippen molar-refractivity contribution in [3.05, 3.63) is 78.2 Å². The molecule has 0 spiro atoms. The second-order valence-corrected chi connectivity index (χ2v) is 5.71. The Morgan fingerprint density at radius 2 is 1.81 bits per heavy atom. The van der Waals surface area contributed by atoms with Crippen molar-refractivity contribution in [3.8, 4) is 11.3 Å². The molecule has 0 unspecified atom stereocenters. The fourth-order valence-corrected chi connectivity index (χ4v) is 2.70. The van der Waals surface area contributed by atoms with E-state index >= 15 is 0 Å². The molecule has 0 atom stereocenters. The van der Waals surface area contributed by atoms with E-state index in [0.717, 1.165) is 29.3 Å². The molecule has 3 aromatic heterocycles. The first-order valence-corrected chi connectivity index (χ1v) is 8.84. The molecule has 26 heavy (non-hydrogen) atoms. The second kappa shape index (κ2) is 8.25. The van der Waals surface area contributed by atoms with E-state index in [0.29, 0.717) is 0 Å². The fraction of sp³-hybridized carbons (Fsp3) is 0.190. The molecule has 0 radical (unpaired) electrons. The van der Waals surface area contributed by atoms with Crippen LogP contribution in [-0.2, 0) is 6.54 Å². The van der Waals surface area contributed by atoms with Crippen molar-refractivity contribution in [2.24, 2.45) is 0 Å². The van der Waals surface area contributed by atoms with Gasteiger partial charge >= 0.3 is 0 Å². The van der Waals surface area contributed by atoms with Crippen LogP contribution in [-0.4, -0.2) is 19.6 Å². The maximum Gasteiger partial charge on any atom is 0.154 e. The Bertz CT molecular complexity index is 976. The van der Waals surface area contributed by atoms with Gasteiger partial charge < -0.3 is 5.32 Å². The third-order valence-electron chi connectivity index (χ3n) is 3.89. The third kappa shape index (κ3) is 3.88. The van der Waals surface area contributed by atoms with Crippen molar-refractivity contribution >= 4 is 11.5 Å². The summed E-state index contributed by atoms with van der Waals surface area (Å²) in [5.74, 6) is 0.817. The highest BCUT2D eigenvalue weighted by molar-refractivity contribution is 5.63. The van der Waals surface area contributed by atoms with Crippen molar-refractivity contribution in [1.29, 1.82) is 0 Å². The molecule has 1 aromatic carbocycles. The molecule has 0 aliphatic rings. The number of benzene rings is 1. The third-order valence-corrected chi connectivity index (χ3v) is 3.89. The van der Waals surface area contributed by atoms with Crippen LogP contribution in [0.1, 0.15) is 25.0 Å². The van der Waals surface area contributed by atoms with Crippen LogP contribution >= 0.6 is 0 Å². The standard InChI is InChI=1S/C19H17N5.C2H6/c1-14-3-2-4-15(11-14)12-21-18-5-6-19-22-13-17(24(19)23-18)16-7-9-20-10-8-16;1-2/h2-11,13H,12H2,1H3,(H,21,23);1-2H3. The number of aromatic nitrogens is 4. The smallest absolute Gasteiger partial charge is 0.154 e. The maximum atomic E-state index is 4.67. The highest BCUT2D eigenvalue weighted by Crippen LogP contribution is 2.20. The van der Waals surface area contributed by atoms with E-state index < -0.39 is 0 Å². The molecule has 0 amide bonds. The molecule has 1 N–H and O–H groups in total. The topological polar surface area (TPSA) is 55.1 Å². The van der Waals surface area contributed by atoms with Gasteiger partial charge in [0.2, 0.25) is 0 Å². The van der Waals surface area contributed by atoms with Gasteiger partial charge in [-0.15, -0.1) is 5.10 Å². The summed E-state index contributed by atoms with van der Waals surface area (Å²) in [7, 11) is 0. The van der Waals surface area contributed by atoms with Crippen LogP contribution in [0.4, 0.5) is 5.82 Å². The lowest BCUT2D eigenvalue weighted by molar-refractivity contribution is 0.930. The summed E-state index contributed by atoms with van der Waals surface area (Å²) in [5.41, 5.74) is 5.31. The van der Waals surface area contributed by atoms with Crippen LogP contribution in [0.3, 0.4) is 0 Å². The first-order chi connectivity index (χ1) is 12.8. The molecule has 5 nitrogen and oxygen atoms in total. The van der Waals surface area contributed by atoms with Crippen LogP contribution in [0.5, 0.6) is 0 Å². The van der Waals surface area contributed by atoms with Gasteiger partial charge in [-0.05, 0) is 36.8 Å². The summed E-state index contributed by atoms with van der Waals surface area (Å²) in [4.78, 5) is 8.48. The molecule has 0 saturated heterocycles. The van der Waals surface area contributed by atoms with Gasteiger partial charge in [-0.25, -0.2) is 9.50 Å². The summed E-state index contributed by atoms with van der Waals surface area (Å²) in [5, 5.41) is 8.05. The van der Waals surface area contributed by atoms with Gasteiger partial charge in [-0.3, -0.25) is 4.98 Å². The Hall–Kier alpha value is -3.21. The van der Waals surface area contributed by atoms with Gasteiger partial charge in [-0.1, -0.05) is 43.7 Å². The Labute approximate surface area is 153 Å². The quantitative estimate of drug-likeness (QED) is 0.580. The number of fused-ring (bicyclic) bond motifs is 1. The lowest BCUT2D eigenvalue weighted by atomic mass is 10.1. The number of pyridine rings is 1. The van der Waals surface area contributed by atoms with Gasteiger partial charge in [0.15, 0.2) is 5.65 Å². The molecule has 3 heterocycles. The predicted molar refractivity (Wildman–Crippen MR) is 106 cm³/mol. The van der Waals surface area contributed by atoms with Crippen molar-refractivity contribution in [3.63, 3.8) is 0 Å². The summed E-state index contributed by atoms with van der Waals surface area (Å²) >= 11 is 0. The molecule has 4 rings (SSSR count). The Balaban J connectivity index is 0.000000948. The molecule has 132 valence electrons. The average molecular weight is 345 g/mol. The molecule has 0 aliphatic heterocycles. The van der Waals surface area contributed by atoms with E-state index in [2.05, 4.69) is 51.6 Å². The SMILES string of the molecule is CC.Cc1cccc(CNc2ccc3ncc(-c4ccncc4)n3n2)c1. The van der Waals surface area contributed by atoms with Gasteiger partial charge in [0.25, 0.3) is 0 Å². The van der Waals surface area contributed by atoms with E-state index in [1.165, 1.54) is 11.1 Å². The largest absolute Gasteiger partial charge is 0.365 e. The van der Waals surface area contributed by atoms with Crippen LogP contribution in [0, 0.1) is 6.92 Å². The Kier molecular flexibility index (Phi) is 5.59. The van der Waals surface area contributed by atoms with Crippen LogP contribution in [0.2, 0.25) is 0 Å². The summed E-state index contributed by atoms with van der Waals surface area (Å²) in [6.45, 7) is 6.83. The van der Waals surface area contributed by atoms with E-state index in [1.807, 2.05) is 48.8 Å². The summed E-state index contributed by atoms with van der Waals surface area (Å²) in [6.07, 6.45) is 5.38. The van der Waals surface area contributed by atoms with Crippen LogP contribution < -0.4 is 5.32 Å². The maximum absolute atomic E-state index is 4.67. The van der Waals surface area contributed by atoms with Crippen molar-refractivity contribution in [2.45, 2.75) is 27.3 Å².